The molecule has 0 unspecified atom stereocenters. The molecule has 0 saturated carbocycles. The predicted molar refractivity (Wildman–Crippen MR) is 83.2 cm³/mol. The summed E-state index contributed by atoms with van der Waals surface area (Å²) in [5.74, 6) is -0.616. The van der Waals surface area contributed by atoms with Crippen molar-refractivity contribution in [2.45, 2.75) is 32.2 Å². The van der Waals surface area contributed by atoms with Crippen LogP contribution in [0.1, 0.15) is 32.3 Å². The average Bonchev–Trinajstić information content (AvgIpc) is 2.83. The lowest BCUT2D eigenvalue weighted by Gasteiger charge is -2.31. The van der Waals surface area contributed by atoms with Gasteiger partial charge in [-0.1, -0.05) is 17.7 Å². The molecule has 1 aliphatic rings. The first-order valence-corrected chi connectivity index (χ1v) is 7.43. The smallest absolute Gasteiger partial charge is 0.308 e. The molecule has 1 N–H and O–H groups in total. The molecule has 2 rings (SSSR count). The molecule has 0 radical (unpaired) electrons. The Morgan fingerprint density at radius 1 is 1.38 bits per heavy atom. The van der Waals surface area contributed by atoms with Crippen LogP contribution in [0.2, 0.25) is 5.02 Å². The van der Waals surface area contributed by atoms with E-state index in [1.807, 2.05) is 12.1 Å². The Morgan fingerprint density at radius 2 is 2.05 bits per heavy atom. The lowest BCUT2D eigenvalue weighted by atomic mass is 9.89. The van der Waals surface area contributed by atoms with Gasteiger partial charge in [0, 0.05) is 29.6 Å². The zero-order valence-corrected chi connectivity index (χ0v) is 13.6. The molecule has 1 fully saturated rings. The van der Waals surface area contributed by atoms with Crippen LogP contribution in [0.3, 0.4) is 0 Å². The van der Waals surface area contributed by atoms with Crippen molar-refractivity contribution >= 4 is 17.6 Å². The first-order valence-electron chi connectivity index (χ1n) is 7.05. The van der Waals surface area contributed by atoms with E-state index in [0.717, 1.165) is 5.56 Å². The Hall–Kier alpha value is -1.26. The standard InChI is InChI=1S/C16H22ClNO3/c1-16(2,3)18-8-12(13(9-18)15(19)20)11-6-5-10(21-4)7-14(11)17/h5-7,12-13H,8-9H2,1-4H3,(H,19,20)/t12-,13+/m1/s1. The van der Waals surface area contributed by atoms with Gasteiger partial charge in [0.2, 0.25) is 0 Å². The summed E-state index contributed by atoms with van der Waals surface area (Å²) in [6, 6.07) is 5.46. The third-order valence-electron chi connectivity index (χ3n) is 4.19. The molecule has 1 saturated heterocycles. The molecule has 0 aliphatic carbocycles. The van der Waals surface area contributed by atoms with E-state index < -0.39 is 11.9 Å². The van der Waals surface area contributed by atoms with Crippen LogP contribution in [-0.4, -0.2) is 41.7 Å². The summed E-state index contributed by atoms with van der Waals surface area (Å²) in [6.07, 6.45) is 0. The lowest BCUT2D eigenvalue weighted by molar-refractivity contribution is -0.141. The van der Waals surface area contributed by atoms with E-state index in [-0.39, 0.29) is 11.5 Å². The minimum Gasteiger partial charge on any atom is -0.497 e. The highest BCUT2D eigenvalue weighted by molar-refractivity contribution is 6.31. The number of benzene rings is 1. The third kappa shape index (κ3) is 3.33. The predicted octanol–water partition coefficient (Wildman–Crippen LogP) is 3.25. The van der Waals surface area contributed by atoms with E-state index in [9.17, 15) is 9.90 Å². The molecular formula is C16H22ClNO3. The van der Waals surface area contributed by atoms with Gasteiger partial charge in [-0.15, -0.1) is 0 Å². The van der Waals surface area contributed by atoms with Crippen molar-refractivity contribution in [2.75, 3.05) is 20.2 Å². The number of carbonyl (C=O) groups is 1. The SMILES string of the molecule is COc1ccc([C@H]2CN(C(C)(C)C)C[C@@H]2C(=O)O)c(Cl)c1. The summed E-state index contributed by atoms with van der Waals surface area (Å²) >= 11 is 6.33. The minimum atomic E-state index is -0.765. The summed E-state index contributed by atoms with van der Waals surface area (Å²) in [5.41, 5.74) is 0.832. The first kappa shape index (κ1) is 16.1. The van der Waals surface area contributed by atoms with Gasteiger partial charge in [-0.3, -0.25) is 9.69 Å². The van der Waals surface area contributed by atoms with Crippen molar-refractivity contribution in [3.05, 3.63) is 28.8 Å². The Morgan fingerprint density at radius 3 is 2.52 bits per heavy atom. The van der Waals surface area contributed by atoms with Crippen LogP contribution in [0, 0.1) is 5.92 Å². The van der Waals surface area contributed by atoms with Crippen molar-refractivity contribution in [3.63, 3.8) is 0 Å². The maximum absolute atomic E-state index is 11.6. The number of hydrogen-bond acceptors (Lipinski definition) is 3. The van der Waals surface area contributed by atoms with Crippen molar-refractivity contribution in [3.8, 4) is 5.75 Å². The van der Waals surface area contributed by atoms with E-state index in [0.29, 0.717) is 23.9 Å². The topological polar surface area (TPSA) is 49.8 Å². The Balaban J connectivity index is 2.34. The second-order valence-electron chi connectivity index (χ2n) is 6.51. The molecule has 0 amide bonds. The fourth-order valence-corrected chi connectivity index (χ4v) is 3.16. The Labute approximate surface area is 130 Å². The molecule has 1 aromatic carbocycles. The Bertz CT molecular complexity index is 539. The van der Waals surface area contributed by atoms with Crippen LogP contribution in [0.25, 0.3) is 0 Å². The van der Waals surface area contributed by atoms with Gasteiger partial charge in [0.1, 0.15) is 5.75 Å². The molecule has 5 heteroatoms. The van der Waals surface area contributed by atoms with Crippen LogP contribution in [0.4, 0.5) is 0 Å². The van der Waals surface area contributed by atoms with E-state index in [4.69, 9.17) is 16.3 Å². The van der Waals surface area contributed by atoms with E-state index in [2.05, 4.69) is 25.7 Å². The van der Waals surface area contributed by atoms with Crippen LogP contribution < -0.4 is 4.74 Å². The zero-order chi connectivity index (χ0) is 15.8. The molecule has 0 bridgehead atoms. The second-order valence-corrected chi connectivity index (χ2v) is 6.92. The van der Waals surface area contributed by atoms with Crippen LogP contribution >= 0.6 is 11.6 Å². The quantitative estimate of drug-likeness (QED) is 0.931. The fraction of sp³-hybridized carbons (Fsp3) is 0.562. The number of halogens is 1. The van der Waals surface area contributed by atoms with Gasteiger partial charge in [-0.05, 0) is 38.5 Å². The van der Waals surface area contributed by atoms with Crippen molar-refractivity contribution < 1.29 is 14.6 Å². The number of methoxy groups -OCH3 is 1. The van der Waals surface area contributed by atoms with Crippen LogP contribution in [0.5, 0.6) is 5.75 Å². The minimum absolute atomic E-state index is 0.0542. The number of aliphatic carboxylic acids is 1. The number of carboxylic acids is 1. The zero-order valence-electron chi connectivity index (χ0n) is 12.9. The highest BCUT2D eigenvalue weighted by Gasteiger charge is 2.42. The van der Waals surface area contributed by atoms with Gasteiger partial charge >= 0.3 is 5.97 Å². The van der Waals surface area contributed by atoms with Gasteiger partial charge in [0.05, 0.1) is 13.0 Å². The maximum Gasteiger partial charge on any atom is 0.308 e. The summed E-state index contributed by atoms with van der Waals surface area (Å²) in [6.45, 7) is 7.55. The van der Waals surface area contributed by atoms with E-state index in [1.54, 1.807) is 13.2 Å². The summed E-state index contributed by atoms with van der Waals surface area (Å²) in [5, 5.41) is 10.1. The van der Waals surface area contributed by atoms with Gasteiger partial charge < -0.3 is 9.84 Å². The first-order chi connectivity index (χ1) is 9.74. The molecular weight excluding hydrogens is 290 g/mol. The van der Waals surface area contributed by atoms with E-state index in [1.165, 1.54) is 0 Å². The van der Waals surface area contributed by atoms with Gasteiger partial charge in [-0.2, -0.15) is 0 Å². The molecule has 21 heavy (non-hydrogen) atoms. The molecule has 2 atom stereocenters. The monoisotopic (exact) mass is 311 g/mol. The Kier molecular flexibility index (Phi) is 4.49. The number of nitrogens with zero attached hydrogens (tertiary/aromatic N) is 1. The van der Waals surface area contributed by atoms with Crippen molar-refractivity contribution in [2.24, 2.45) is 5.92 Å². The summed E-state index contributed by atoms with van der Waals surface area (Å²) < 4.78 is 5.15. The largest absolute Gasteiger partial charge is 0.497 e. The van der Waals surface area contributed by atoms with Gasteiger partial charge in [0.25, 0.3) is 0 Å². The number of ether oxygens (including phenoxy) is 1. The molecule has 1 aromatic rings. The van der Waals surface area contributed by atoms with Crippen molar-refractivity contribution in [1.82, 2.24) is 4.90 Å². The normalized spacial score (nSPS) is 23.3. The molecule has 0 aromatic heterocycles. The van der Waals surface area contributed by atoms with Gasteiger partial charge in [0.15, 0.2) is 0 Å². The third-order valence-corrected chi connectivity index (χ3v) is 4.52. The van der Waals surface area contributed by atoms with Crippen molar-refractivity contribution in [1.29, 1.82) is 0 Å². The summed E-state index contributed by atoms with van der Waals surface area (Å²) in [7, 11) is 1.59. The maximum atomic E-state index is 11.6. The summed E-state index contributed by atoms with van der Waals surface area (Å²) in [4.78, 5) is 13.8. The fourth-order valence-electron chi connectivity index (χ4n) is 2.85. The van der Waals surface area contributed by atoms with Gasteiger partial charge in [-0.25, -0.2) is 0 Å². The highest BCUT2D eigenvalue weighted by Crippen LogP contribution is 2.40. The second kappa shape index (κ2) is 5.85. The molecule has 116 valence electrons. The molecule has 0 spiro atoms. The van der Waals surface area contributed by atoms with E-state index >= 15 is 0 Å². The molecule has 1 aliphatic heterocycles. The number of rotatable bonds is 3. The van der Waals surface area contributed by atoms with Crippen LogP contribution in [0.15, 0.2) is 18.2 Å². The molecule has 4 nitrogen and oxygen atoms in total. The number of likely N-dealkylation sites (tertiary alicyclic amines) is 1. The number of hydrogen-bond donors (Lipinski definition) is 1. The highest BCUT2D eigenvalue weighted by atomic mass is 35.5. The lowest BCUT2D eigenvalue weighted by Crippen LogP contribution is -2.40. The molecule has 1 heterocycles. The average molecular weight is 312 g/mol. The number of carboxylic acid groups (broad SMARTS) is 1. The van der Waals surface area contributed by atoms with Crippen LogP contribution in [-0.2, 0) is 4.79 Å².